The van der Waals surface area contributed by atoms with Gasteiger partial charge < -0.3 is 9.13 Å². The molecule has 0 saturated heterocycles. The summed E-state index contributed by atoms with van der Waals surface area (Å²) in [6.45, 7) is 6.91. The van der Waals surface area contributed by atoms with Crippen molar-refractivity contribution in [2.24, 2.45) is 0 Å². The van der Waals surface area contributed by atoms with Crippen molar-refractivity contribution in [3.63, 3.8) is 0 Å². The van der Waals surface area contributed by atoms with Gasteiger partial charge >= 0.3 is 0 Å². The van der Waals surface area contributed by atoms with Crippen molar-refractivity contribution in [2.75, 3.05) is 0 Å². The summed E-state index contributed by atoms with van der Waals surface area (Å²) in [5, 5.41) is 4.96. The predicted molar refractivity (Wildman–Crippen MR) is 261 cm³/mol. The second-order valence-electron chi connectivity index (χ2n) is 14.6. The van der Waals surface area contributed by atoms with Gasteiger partial charge in [0.1, 0.15) is 0 Å². The molecule has 8 aromatic carbocycles. The van der Waals surface area contributed by atoms with Crippen molar-refractivity contribution in [3.05, 3.63) is 230 Å². The van der Waals surface area contributed by atoms with Crippen molar-refractivity contribution < 1.29 is 0 Å². The fourth-order valence-corrected chi connectivity index (χ4v) is 12.3. The van der Waals surface area contributed by atoms with Gasteiger partial charge in [-0.25, -0.2) is 0 Å². The maximum atomic E-state index is 5.14. The Morgan fingerprint density at radius 3 is 1.34 bits per heavy atom. The molecule has 278 valence electrons. The van der Waals surface area contributed by atoms with Gasteiger partial charge in [-0.2, -0.15) is 0 Å². The van der Waals surface area contributed by atoms with Crippen LogP contribution in [0.3, 0.4) is 0 Å². The normalized spacial score (nSPS) is 12.7. The first-order valence-electron chi connectivity index (χ1n) is 19.6. The number of hydrogen-bond donors (Lipinski definition) is 0. The van der Waals surface area contributed by atoms with Crippen LogP contribution in [0, 0.1) is 0 Å². The minimum Gasteiger partial charge on any atom is -0.309 e. The summed E-state index contributed by atoms with van der Waals surface area (Å²) in [6.07, 6.45) is 2.30. The Morgan fingerprint density at radius 1 is 0.466 bits per heavy atom. The molecule has 0 bridgehead atoms. The molecule has 0 saturated carbocycles. The number of halogens is 1. The summed E-state index contributed by atoms with van der Waals surface area (Å²) in [4.78, 5) is 0. The van der Waals surface area contributed by atoms with E-state index in [9.17, 15) is 0 Å². The van der Waals surface area contributed by atoms with Crippen LogP contribution < -0.4 is 0 Å². The molecule has 0 aliphatic rings. The largest absolute Gasteiger partial charge is 0.309 e. The Labute approximate surface area is 345 Å². The molecular weight excluding hydrogens is 816 g/mol. The van der Waals surface area contributed by atoms with Crippen LogP contribution in [0.2, 0.25) is 0 Å². The highest BCUT2D eigenvalue weighted by Gasteiger charge is 2.23. The molecule has 0 atom stereocenters. The van der Waals surface area contributed by atoms with Gasteiger partial charge in [-0.05, 0) is 75.2 Å². The molecule has 0 unspecified atom stereocenters. The number of hydrogen-bond acceptors (Lipinski definition) is 0. The molecule has 0 fully saturated rings. The van der Waals surface area contributed by atoms with E-state index >= 15 is 0 Å². The van der Waals surface area contributed by atoms with Crippen LogP contribution in [0.4, 0.5) is 0 Å². The molecule has 3 heteroatoms. The van der Waals surface area contributed by atoms with E-state index in [2.05, 4.69) is 229 Å². The van der Waals surface area contributed by atoms with E-state index in [-0.39, 0.29) is 0 Å². The Morgan fingerprint density at radius 2 is 0.862 bits per heavy atom. The molecule has 58 heavy (non-hydrogen) atoms. The third kappa shape index (κ3) is 6.10. The lowest BCUT2D eigenvalue weighted by Gasteiger charge is -2.22. The highest BCUT2D eigenvalue weighted by molar-refractivity contribution is 14.2. The second-order valence-corrected chi connectivity index (χ2v) is 19.5. The van der Waals surface area contributed by atoms with Crippen molar-refractivity contribution in [1.82, 2.24) is 9.13 Å². The van der Waals surface area contributed by atoms with Gasteiger partial charge in [-0.3, -0.25) is 0 Å². The molecule has 0 aliphatic carbocycles. The van der Waals surface area contributed by atoms with Crippen molar-refractivity contribution in [2.45, 2.75) is 6.92 Å². The van der Waals surface area contributed by atoms with E-state index in [1.54, 1.807) is 0 Å². The van der Waals surface area contributed by atoms with Crippen LogP contribution in [0.1, 0.15) is 23.6 Å². The number of rotatable bonds is 8. The van der Waals surface area contributed by atoms with Gasteiger partial charge in [0.25, 0.3) is 0 Å². The van der Waals surface area contributed by atoms with Crippen molar-refractivity contribution >= 4 is 79.7 Å². The van der Waals surface area contributed by atoms with Gasteiger partial charge in [0, 0.05) is 36.3 Å². The first-order chi connectivity index (χ1) is 28.6. The molecule has 0 radical (unpaired) electrons. The minimum absolute atomic E-state index is 0.993. The number of para-hydroxylation sites is 4. The molecule has 10 aromatic rings. The summed E-state index contributed by atoms with van der Waals surface area (Å²) in [5.74, 6) is 0. The van der Waals surface area contributed by atoms with Gasteiger partial charge in [0.05, 0.1) is 33.4 Å². The maximum Gasteiger partial charge on any atom is 0.0562 e. The molecule has 10 rings (SSSR count). The van der Waals surface area contributed by atoms with E-state index < -0.39 is 18.9 Å². The molecular formula is C55H41IN2. The zero-order valence-electron chi connectivity index (χ0n) is 32.3. The van der Waals surface area contributed by atoms with E-state index in [4.69, 9.17) is 4.51 Å². The fourth-order valence-electron chi connectivity index (χ4n) is 8.48. The molecule has 2 heterocycles. The minimum atomic E-state index is -2.37. The van der Waals surface area contributed by atoms with Gasteiger partial charge in [0.2, 0.25) is 0 Å². The van der Waals surface area contributed by atoms with Crippen LogP contribution >= 0.6 is 18.9 Å². The summed E-state index contributed by atoms with van der Waals surface area (Å²) < 4.78 is 12.7. The Bertz CT molecular complexity index is 3200. The third-order valence-corrected chi connectivity index (χ3v) is 16.2. The van der Waals surface area contributed by atoms with Crippen molar-refractivity contribution in [3.8, 4) is 22.5 Å². The fraction of sp³-hybridized carbons (Fsp3) is 0.0182. The lowest BCUT2D eigenvalue weighted by molar-refractivity contribution is 1.13. The Balaban J connectivity index is 1.35. The van der Waals surface area contributed by atoms with E-state index in [0.29, 0.717) is 0 Å². The molecule has 0 spiro atoms. The molecule has 2 nitrogen and oxygen atoms in total. The number of aromatic nitrogens is 2. The smallest absolute Gasteiger partial charge is 0.0562 e. The third-order valence-electron chi connectivity index (χ3n) is 11.3. The molecule has 2 aromatic heterocycles. The standard InChI is InChI=1S/C55H41IN2/c1-38(40-21-7-4-8-22-40)35-49(42-25-11-6-12-26-42)56(3)39(2)47-36-48(41-23-9-5-10-24-41)55(58-52-33-19-15-29-45(52)46-30-16-20-34-53(46)58)37-54(47)57-50-31-17-13-27-43(50)44-28-14-18-32-51(44)57/h4-37H,1,3H2,2H3/b49-35-. The molecule has 0 amide bonds. The van der Waals surface area contributed by atoms with Gasteiger partial charge in [0.15, 0.2) is 0 Å². The summed E-state index contributed by atoms with van der Waals surface area (Å²) in [6, 6.07) is 72.3. The van der Waals surface area contributed by atoms with Crippen LogP contribution in [0.5, 0.6) is 0 Å². The Kier molecular flexibility index (Phi) is 9.23. The van der Waals surface area contributed by atoms with Gasteiger partial charge in [-0.15, -0.1) is 18.9 Å². The number of fused-ring (bicyclic) bond motifs is 6. The SMILES string of the molecule is C=C(/C=C(/c1ccccc1)I(=C)=C(C)c1cc(-c2ccccc2)c(-n2c3ccccc3c3ccccc32)cc1-n1c2ccccc2c2ccccc21)c1ccccc1. The van der Waals surface area contributed by atoms with E-state index in [0.717, 1.165) is 22.5 Å². The lowest BCUT2D eigenvalue weighted by Crippen LogP contribution is -2.08. The van der Waals surface area contributed by atoms with Crippen LogP contribution in [-0.2, 0) is 0 Å². The Hall–Kier alpha value is -6.69. The number of benzene rings is 8. The summed E-state index contributed by atoms with van der Waals surface area (Å²) in [5.41, 5.74) is 13.9. The first-order valence-corrected chi connectivity index (χ1v) is 23.3. The quantitative estimate of drug-likeness (QED) is 0.106. The zero-order chi connectivity index (χ0) is 39.2. The highest BCUT2D eigenvalue weighted by Crippen LogP contribution is 2.44. The van der Waals surface area contributed by atoms with Crippen LogP contribution in [0.15, 0.2) is 213 Å². The molecule has 0 N–H and O–H groups in total. The lowest BCUT2D eigenvalue weighted by atomic mass is 9.97. The number of allylic oxidation sites excluding steroid dienone is 2. The average molecular weight is 857 g/mol. The van der Waals surface area contributed by atoms with Crippen molar-refractivity contribution in [1.29, 1.82) is 0 Å². The monoisotopic (exact) mass is 856 g/mol. The number of nitrogens with zero attached hydrogens (tertiary/aromatic N) is 2. The topological polar surface area (TPSA) is 9.86 Å². The van der Waals surface area contributed by atoms with Gasteiger partial charge in [-0.1, -0.05) is 175 Å². The van der Waals surface area contributed by atoms with Crippen LogP contribution in [-0.4, -0.2) is 17.2 Å². The van der Waals surface area contributed by atoms with E-state index in [1.807, 2.05) is 0 Å². The highest BCUT2D eigenvalue weighted by atomic mass is 127. The molecule has 0 aliphatic heterocycles. The summed E-state index contributed by atoms with van der Waals surface area (Å²) in [7, 11) is 0. The zero-order valence-corrected chi connectivity index (χ0v) is 34.5. The summed E-state index contributed by atoms with van der Waals surface area (Å²) >= 11 is -2.37. The van der Waals surface area contributed by atoms with E-state index in [1.165, 1.54) is 73.0 Å². The van der Waals surface area contributed by atoms with Crippen LogP contribution in [0.25, 0.3) is 75.3 Å². The maximum absolute atomic E-state index is 5.14. The second kappa shape index (κ2) is 15.0. The average Bonchev–Trinajstić information content (AvgIpc) is 3.81. The predicted octanol–water partition coefficient (Wildman–Crippen LogP) is 14.8. The first kappa shape index (κ1) is 35.7.